The minimum Gasteiger partial charge on any atom is -0.493 e. The summed E-state index contributed by atoms with van der Waals surface area (Å²) in [5.41, 5.74) is 1.52. The molecule has 2 aromatic rings. The lowest BCUT2D eigenvalue weighted by Crippen LogP contribution is -2.05. The average Bonchev–Trinajstić information content (AvgIpc) is 2.89. The van der Waals surface area contributed by atoms with E-state index < -0.39 is 0 Å². The molecule has 0 saturated carbocycles. The number of carbonyl (C=O) groups excluding carboxylic acids is 1. The molecule has 0 aliphatic carbocycles. The molecule has 0 aliphatic rings. The van der Waals surface area contributed by atoms with Crippen molar-refractivity contribution in [1.29, 1.82) is 0 Å². The van der Waals surface area contributed by atoms with Crippen molar-refractivity contribution >= 4 is 17.4 Å². The van der Waals surface area contributed by atoms with Crippen LogP contribution in [0.3, 0.4) is 0 Å². The van der Waals surface area contributed by atoms with E-state index >= 15 is 0 Å². The van der Waals surface area contributed by atoms with E-state index in [1.165, 1.54) is 14.2 Å². The molecule has 1 heterocycles. The third-order valence-electron chi connectivity index (χ3n) is 3.29. The number of benzene rings is 1. The molecule has 0 saturated heterocycles. The van der Waals surface area contributed by atoms with Crippen LogP contribution < -0.4 is 9.47 Å². The summed E-state index contributed by atoms with van der Waals surface area (Å²) in [5, 5.41) is 4.44. The van der Waals surface area contributed by atoms with Gasteiger partial charge in [0.1, 0.15) is 0 Å². The lowest BCUT2D eigenvalue weighted by molar-refractivity contribution is 0.0982. The number of aromatic nitrogens is 2. The molecular formula is C15H17ClN2O3. The van der Waals surface area contributed by atoms with Crippen LogP contribution in [0.25, 0.3) is 0 Å². The van der Waals surface area contributed by atoms with Gasteiger partial charge in [-0.15, -0.1) is 0 Å². The summed E-state index contributed by atoms with van der Waals surface area (Å²) in [7, 11) is 4.87. The molecule has 5 nitrogen and oxygen atoms in total. The number of rotatable bonds is 6. The van der Waals surface area contributed by atoms with E-state index in [1.807, 2.05) is 13.1 Å². The summed E-state index contributed by atoms with van der Waals surface area (Å²) in [6, 6.07) is 5.15. The first-order valence-corrected chi connectivity index (χ1v) is 6.86. The van der Waals surface area contributed by atoms with Gasteiger partial charge >= 0.3 is 0 Å². The molecule has 21 heavy (non-hydrogen) atoms. The lowest BCUT2D eigenvalue weighted by atomic mass is 10.0. The van der Waals surface area contributed by atoms with E-state index in [0.29, 0.717) is 34.9 Å². The minimum atomic E-state index is -0.000877. The molecule has 6 heteroatoms. The Bertz CT molecular complexity index is 652. The van der Waals surface area contributed by atoms with Crippen LogP contribution >= 0.6 is 11.6 Å². The van der Waals surface area contributed by atoms with E-state index in [4.69, 9.17) is 21.1 Å². The molecule has 0 spiro atoms. The molecule has 0 atom stereocenters. The third-order valence-corrected chi connectivity index (χ3v) is 3.57. The molecule has 0 amide bonds. The second-order valence-electron chi connectivity index (χ2n) is 4.56. The van der Waals surface area contributed by atoms with E-state index in [0.717, 1.165) is 5.69 Å². The highest BCUT2D eigenvalue weighted by Crippen LogP contribution is 2.36. The van der Waals surface area contributed by atoms with Crippen molar-refractivity contribution in [2.24, 2.45) is 7.05 Å². The van der Waals surface area contributed by atoms with Crippen molar-refractivity contribution in [1.82, 2.24) is 9.78 Å². The summed E-state index contributed by atoms with van der Waals surface area (Å²) in [6.07, 6.45) is 2.72. The van der Waals surface area contributed by atoms with Crippen LogP contribution in [-0.2, 0) is 13.5 Å². The van der Waals surface area contributed by atoms with Crippen LogP contribution in [-0.4, -0.2) is 29.8 Å². The maximum Gasteiger partial charge on any atom is 0.179 e. The Morgan fingerprint density at radius 3 is 2.67 bits per heavy atom. The Kier molecular flexibility index (Phi) is 4.85. The highest BCUT2D eigenvalue weighted by Gasteiger charge is 2.15. The van der Waals surface area contributed by atoms with Gasteiger partial charge in [0, 0.05) is 30.9 Å². The van der Waals surface area contributed by atoms with Crippen LogP contribution in [0.2, 0.25) is 5.02 Å². The number of methoxy groups -OCH3 is 2. The van der Waals surface area contributed by atoms with Gasteiger partial charge in [0.2, 0.25) is 0 Å². The first-order chi connectivity index (χ1) is 10.1. The van der Waals surface area contributed by atoms with Crippen molar-refractivity contribution in [3.63, 3.8) is 0 Å². The van der Waals surface area contributed by atoms with E-state index in [2.05, 4.69) is 5.10 Å². The lowest BCUT2D eigenvalue weighted by Gasteiger charge is -2.11. The van der Waals surface area contributed by atoms with E-state index in [9.17, 15) is 4.79 Å². The first-order valence-electron chi connectivity index (χ1n) is 6.48. The van der Waals surface area contributed by atoms with E-state index in [-0.39, 0.29) is 5.78 Å². The van der Waals surface area contributed by atoms with Crippen molar-refractivity contribution in [2.45, 2.75) is 12.8 Å². The molecule has 0 fully saturated rings. The molecule has 0 radical (unpaired) electrons. The number of hydrogen-bond acceptors (Lipinski definition) is 4. The van der Waals surface area contributed by atoms with Crippen LogP contribution in [0.4, 0.5) is 0 Å². The fourth-order valence-electron chi connectivity index (χ4n) is 2.11. The minimum absolute atomic E-state index is 0.000877. The molecular weight excluding hydrogens is 292 g/mol. The van der Waals surface area contributed by atoms with Crippen LogP contribution in [0.1, 0.15) is 22.5 Å². The first kappa shape index (κ1) is 15.4. The number of Topliss-reactive ketones (excluding diaryl/α,β-unsaturated/α-hetero) is 1. The van der Waals surface area contributed by atoms with Crippen molar-refractivity contribution < 1.29 is 14.3 Å². The second-order valence-corrected chi connectivity index (χ2v) is 4.97. The molecule has 1 aromatic carbocycles. The van der Waals surface area contributed by atoms with Gasteiger partial charge in [-0.05, 0) is 24.6 Å². The second kappa shape index (κ2) is 6.63. The van der Waals surface area contributed by atoms with Gasteiger partial charge in [-0.2, -0.15) is 5.10 Å². The number of hydrogen-bond donors (Lipinski definition) is 0. The van der Waals surface area contributed by atoms with Gasteiger partial charge in [-0.25, -0.2) is 0 Å². The molecule has 1 aromatic heterocycles. The summed E-state index contributed by atoms with van der Waals surface area (Å²) >= 11 is 6.11. The zero-order chi connectivity index (χ0) is 15.4. The fourth-order valence-corrected chi connectivity index (χ4v) is 2.40. The Labute approximate surface area is 128 Å². The Hall–Kier alpha value is -2.01. The van der Waals surface area contributed by atoms with Gasteiger partial charge in [0.25, 0.3) is 0 Å². The highest BCUT2D eigenvalue weighted by atomic mass is 35.5. The third kappa shape index (κ3) is 3.36. The molecule has 112 valence electrons. The largest absolute Gasteiger partial charge is 0.493 e. The summed E-state index contributed by atoms with van der Waals surface area (Å²) in [5.74, 6) is 0.885. The van der Waals surface area contributed by atoms with Crippen molar-refractivity contribution in [3.05, 3.63) is 40.7 Å². The van der Waals surface area contributed by atoms with E-state index in [1.54, 1.807) is 23.0 Å². The van der Waals surface area contributed by atoms with Crippen molar-refractivity contribution in [3.8, 4) is 11.5 Å². The normalized spacial score (nSPS) is 10.5. The number of carbonyl (C=O) groups is 1. The van der Waals surface area contributed by atoms with Crippen LogP contribution in [0.15, 0.2) is 24.4 Å². The molecule has 0 bridgehead atoms. The maximum atomic E-state index is 12.3. The smallest absolute Gasteiger partial charge is 0.179 e. The number of ketones is 1. The van der Waals surface area contributed by atoms with Gasteiger partial charge in [0.05, 0.1) is 19.2 Å². The Morgan fingerprint density at radius 1 is 1.33 bits per heavy atom. The standard InChI is InChI=1S/C15H17ClN2O3/c1-18-11(6-7-17-18)4-5-13(19)10-8-12(16)15(21-3)14(9-10)20-2/h6-9H,4-5H2,1-3H3. The maximum absolute atomic E-state index is 12.3. The molecule has 0 unspecified atom stereocenters. The summed E-state index contributed by atoms with van der Waals surface area (Å²) < 4.78 is 12.1. The Morgan fingerprint density at radius 2 is 2.10 bits per heavy atom. The zero-order valence-corrected chi connectivity index (χ0v) is 13.0. The van der Waals surface area contributed by atoms with Gasteiger partial charge < -0.3 is 9.47 Å². The monoisotopic (exact) mass is 308 g/mol. The number of nitrogens with zero attached hydrogens (tertiary/aromatic N) is 2. The average molecular weight is 309 g/mol. The van der Waals surface area contributed by atoms with Crippen LogP contribution in [0, 0.1) is 0 Å². The molecule has 0 N–H and O–H groups in total. The zero-order valence-electron chi connectivity index (χ0n) is 12.2. The van der Waals surface area contributed by atoms with Gasteiger partial charge in [-0.3, -0.25) is 9.48 Å². The fraction of sp³-hybridized carbons (Fsp3) is 0.333. The van der Waals surface area contributed by atoms with Gasteiger partial charge in [-0.1, -0.05) is 11.6 Å². The number of ether oxygens (including phenoxy) is 2. The SMILES string of the molecule is COc1cc(C(=O)CCc2ccnn2C)cc(Cl)c1OC. The molecule has 0 aliphatic heterocycles. The summed E-state index contributed by atoms with van der Waals surface area (Å²) in [4.78, 5) is 12.3. The Balaban J connectivity index is 2.16. The predicted molar refractivity (Wildman–Crippen MR) is 80.4 cm³/mol. The predicted octanol–water partition coefficient (Wildman–Crippen LogP) is 2.91. The topological polar surface area (TPSA) is 53.3 Å². The number of halogens is 1. The molecule has 2 rings (SSSR count). The van der Waals surface area contributed by atoms with Crippen LogP contribution in [0.5, 0.6) is 11.5 Å². The quantitative estimate of drug-likeness (QED) is 0.770. The number of aryl methyl sites for hydroxylation is 2. The summed E-state index contributed by atoms with van der Waals surface area (Å²) in [6.45, 7) is 0. The van der Waals surface area contributed by atoms with Gasteiger partial charge in [0.15, 0.2) is 17.3 Å². The highest BCUT2D eigenvalue weighted by molar-refractivity contribution is 6.32. The van der Waals surface area contributed by atoms with Crippen molar-refractivity contribution in [2.75, 3.05) is 14.2 Å².